The molecular formula is C32H36N2O8. The van der Waals surface area contributed by atoms with Crippen LogP contribution in [0.5, 0.6) is 17.2 Å². The Labute approximate surface area is 245 Å². The number of allylic oxidation sites excluding steroid dienone is 1. The Balaban J connectivity index is 1.42. The average molecular weight is 577 g/mol. The molecule has 10 nitrogen and oxygen atoms in total. The number of esters is 2. The minimum absolute atomic E-state index is 0.0488. The van der Waals surface area contributed by atoms with Crippen LogP contribution < -0.4 is 19.1 Å². The summed E-state index contributed by atoms with van der Waals surface area (Å²) >= 11 is 0. The fraction of sp³-hybridized carbons (Fsp3) is 0.500. The molecule has 4 fully saturated rings. The van der Waals surface area contributed by atoms with Gasteiger partial charge in [-0.15, -0.1) is 0 Å². The second-order valence-corrected chi connectivity index (χ2v) is 11.8. The SMILES string of the molecule is C/C=C1\CN2[C@@H]3C[C@@]45c6cc(OC)ccc6N(C)[C@]4(O3)[C@@H]2C[C@@H]1[C@@]5(COC(=O)c1ccc(OC)c(OC)c1)C(=O)OC. The van der Waals surface area contributed by atoms with Crippen LogP contribution in [0.15, 0.2) is 48.0 Å². The number of nitrogens with zero attached hydrogens (tertiary/aromatic N) is 2. The minimum atomic E-state index is -1.26. The summed E-state index contributed by atoms with van der Waals surface area (Å²) in [6.45, 7) is 2.52. The van der Waals surface area contributed by atoms with Crippen molar-refractivity contribution in [2.24, 2.45) is 11.3 Å². The van der Waals surface area contributed by atoms with Gasteiger partial charge < -0.3 is 33.3 Å². The zero-order chi connectivity index (χ0) is 29.6. The maximum absolute atomic E-state index is 14.5. The predicted molar refractivity (Wildman–Crippen MR) is 152 cm³/mol. The molecule has 4 bridgehead atoms. The van der Waals surface area contributed by atoms with E-state index in [0.29, 0.717) is 42.2 Å². The molecule has 2 aromatic carbocycles. The van der Waals surface area contributed by atoms with Crippen molar-refractivity contribution in [1.82, 2.24) is 4.90 Å². The summed E-state index contributed by atoms with van der Waals surface area (Å²) in [5.74, 6) is 0.414. The number of likely N-dealkylation sites (N-methyl/N-ethyl adjacent to an activating group) is 1. The monoisotopic (exact) mass is 576 g/mol. The third-order valence-electron chi connectivity index (χ3n) is 10.8. The number of rotatable bonds is 7. The van der Waals surface area contributed by atoms with Crippen molar-refractivity contribution in [3.63, 3.8) is 0 Å². The molecule has 0 unspecified atom stereocenters. The first-order chi connectivity index (χ1) is 20.3. The van der Waals surface area contributed by atoms with Crippen LogP contribution in [0.2, 0.25) is 0 Å². The number of piperidine rings is 2. The van der Waals surface area contributed by atoms with Gasteiger partial charge >= 0.3 is 11.9 Å². The molecule has 42 heavy (non-hydrogen) atoms. The van der Waals surface area contributed by atoms with E-state index in [9.17, 15) is 9.59 Å². The standard InChI is InChI=1S/C32H36N2O8/c1-7-18-16-34-26-14-21(18)30(29(36)40-6,17-41-28(35)19-8-11-24(38-4)25(12-19)39-5)31-15-27(34)42-32(26,31)33(2)23-10-9-20(37-3)13-22(23)31/h7-13,21,26-27H,14-17H2,1-6H3/b18-7+/t21-,26-,27-,30-,31-,32-/m0/s1. The molecule has 0 amide bonds. The molecule has 6 atom stereocenters. The van der Waals surface area contributed by atoms with Crippen molar-refractivity contribution in [3.8, 4) is 17.2 Å². The normalized spacial score (nSPS) is 34.3. The van der Waals surface area contributed by atoms with E-state index in [1.54, 1.807) is 25.3 Å². The number of hydrogen-bond acceptors (Lipinski definition) is 10. The van der Waals surface area contributed by atoms with E-state index in [-0.39, 0.29) is 24.8 Å². The largest absolute Gasteiger partial charge is 0.497 e. The molecule has 0 N–H and O–H groups in total. The van der Waals surface area contributed by atoms with Gasteiger partial charge in [-0.1, -0.05) is 11.6 Å². The van der Waals surface area contributed by atoms with Crippen molar-refractivity contribution in [3.05, 3.63) is 59.2 Å². The van der Waals surface area contributed by atoms with Crippen LogP contribution >= 0.6 is 0 Å². The lowest BCUT2D eigenvalue weighted by Crippen LogP contribution is -2.80. The third-order valence-corrected chi connectivity index (χ3v) is 10.8. The number of benzene rings is 2. The van der Waals surface area contributed by atoms with Gasteiger partial charge in [-0.3, -0.25) is 9.69 Å². The number of ether oxygens (including phenoxy) is 6. The third kappa shape index (κ3) is 2.92. The van der Waals surface area contributed by atoms with Crippen molar-refractivity contribution in [1.29, 1.82) is 0 Å². The van der Waals surface area contributed by atoms with Crippen molar-refractivity contribution in [2.45, 2.75) is 43.2 Å². The van der Waals surface area contributed by atoms with Gasteiger partial charge in [0.1, 0.15) is 24.0 Å². The molecule has 1 saturated carbocycles. The first-order valence-corrected chi connectivity index (χ1v) is 14.3. The summed E-state index contributed by atoms with van der Waals surface area (Å²) in [6, 6.07) is 10.9. The fourth-order valence-electron chi connectivity index (χ4n) is 9.14. The van der Waals surface area contributed by atoms with Gasteiger partial charge in [-0.25, -0.2) is 4.79 Å². The number of methoxy groups -OCH3 is 4. The van der Waals surface area contributed by atoms with E-state index in [4.69, 9.17) is 28.4 Å². The quantitative estimate of drug-likeness (QED) is 0.360. The van der Waals surface area contributed by atoms with Crippen LogP contribution in [-0.4, -0.2) is 83.5 Å². The molecule has 1 spiro atoms. The molecule has 4 heterocycles. The second-order valence-electron chi connectivity index (χ2n) is 11.8. The lowest BCUT2D eigenvalue weighted by atomic mass is 9.42. The molecule has 2 aromatic rings. The Kier molecular flexibility index (Phi) is 5.88. The molecule has 5 aliphatic rings. The smallest absolute Gasteiger partial charge is 0.338 e. The second kappa shape index (κ2) is 9.12. The number of carbonyl (C=O) groups is 2. The maximum atomic E-state index is 14.5. The highest BCUT2D eigenvalue weighted by atomic mass is 16.6. The summed E-state index contributed by atoms with van der Waals surface area (Å²) in [5, 5.41) is 0. The summed E-state index contributed by atoms with van der Waals surface area (Å²) in [4.78, 5) is 32.9. The molecule has 10 heteroatoms. The fourth-order valence-corrected chi connectivity index (χ4v) is 9.14. The summed E-state index contributed by atoms with van der Waals surface area (Å²) in [6.07, 6.45) is 3.14. The van der Waals surface area contributed by atoms with Gasteiger partial charge in [-0.05, 0) is 55.3 Å². The van der Waals surface area contributed by atoms with Crippen LogP contribution in [0.3, 0.4) is 0 Å². The summed E-state index contributed by atoms with van der Waals surface area (Å²) < 4.78 is 35.4. The molecule has 4 aliphatic heterocycles. The predicted octanol–water partition coefficient (Wildman–Crippen LogP) is 3.52. The molecule has 1 aliphatic carbocycles. The zero-order valence-electron chi connectivity index (χ0n) is 24.8. The van der Waals surface area contributed by atoms with Gasteiger partial charge in [0.05, 0.1) is 45.5 Å². The first-order valence-electron chi connectivity index (χ1n) is 14.3. The highest BCUT2D eigenvalue weighted by Gasteiger charge is 2.88. The molecule has 222 valence electrons. The molecule has 0 radical (unpaired) electrons. The van der Waals surface area contributed by atoms with Gasteiger partial charge in [0.2, 0.25) is 0 Å². The molecule has 3 saturated heterocycles. The van der Waals surface area contributed by atoms with Gasteiger partial charge in [-0.2, -0.15) is 0 Å². The Bertz CT molecular complexity index is 1520. The van der Waals surface area contributed by atoms with E-state index in [1.807, 2.05) is 32.2 Å². The number of fused-ring (bicyclic) bond motifs is 4. The highest BCUT2D eigenvalue weighted by Crippen LogP contribution is 2.78. The average Bonchev–Trinajstić information content (AvgIpc) is 3.64. The first kappa shape index (κ1) is 27.1. The van der Waals surface area contributed by atoms with Crippen LogP contribution in [0.25, 0.3) is 0 Å². The summed E-state index contributed by atoms with van der Waals surface area (Å²) in [7, 11) is 8.15. The minimum Gasteiger partial charge on any atom is -0.497 e. The van der Waals surface area contributed by atoms with E-state index in [1.165, 1.54) is 21.3 Å². The van der Waals surface area contributed by atoms with E-state index in [0.717, 1.165) is 16.8 Å². The van der Waals surface area contributed by atoms with E-state index >= 15 is 0 Å². The number of carbonyl (C=O) groups excluding carboxylic acids is 2. The molecule has 0 aromatic heterocycles. The van der Waals surface area contributed by atoms with Crippen molar-refractivity contribution >= 4 is 17.6 Å². The summed E-state index contributed by atoms with van der Waals surface area (Å²) in [5.41, 5.74) is 0.389. The Morgan fingerprint density at radius 1 is 1.05 bits per heavy atom. The Morgan fingerprint density at radius 2 is 1.83 bits per heavy atom. The Hall–Kier alpha value is -3.76. The van der Waals surface area contributed by atoms with E-state index in [2.05, 4.69) is 15.9 Å². The molecule has 7 rings (SSSR count). The topological polar surface area (TPSA) is 96.0 Å². The maximum Gasteiger partial charge on any atom is 0.338 e. The molecular weight excluding hydrogens is 540 g/mol. The van der Waals surface area contributed by atoms with Crippen molar-refractivity contribution in [2.75, 3.05) is 53.5 Å². The zero-order valence-corrected chi connectivity index (χ0v) is 24.8. The lowest BCUT2D eigenvalue weighted by molar-refractivity contribution is -0.194. The highest BCUT2D eigenvalue weighted by molar-refractivity contribution is 5.91. The van der Waals surface area contributed by atoms with Crippen LogP contribution in [0.1, 0.15) is 35.7 Å². The number of hydrogen-bond donors (Lipinski definition) is 0. The van der Waals surface area contributed by atoms with Gasteiger partial charge in [0, 0.05) is 31.6 Å². The number of anilines is 1. The van der Waals surface area contributed by atoms with Gasteiger partial charge in [0.15, 0.2) is 17.2 Å². The van der Waals surface area contributed by atoms with Crippen LogP contribution in [0.4, 0.5) is 5.69 Å². The van der Waals surface area contributed by atoms with Gasteiger partial charge in [0.25, 0.3) is 0 Å². The Morgan fingerprint density at radius 3 is 2.52 bits per heavy atom. The lowest BCUT2D eigenvalue weighted by Gasteiger charge is -2.65. The van der Waals surface area contributed by atoms with Crippen molar-refractivity contribution < 1.29 is 38.0 Å². The van der Waals surface area contributed by atoms with Crippen LogP contribution in [-0.2, 0) is 24.4 Å². The van der Waals surface area contributed by atoms with Crippen LogP contribution in [0, 0.1) is 11.3 Å². The van der Waals surface area contributed by atoms with E-state index < -0.39 is 28.5 Å².